The zero-order valence-corrected chi connectivity index (χ0v) is 8.12. The summed E-state index contributed by atoms with van der Waals surface area (Å²) in [6, 6.07) is 0.551. The highest BCUT2D eigenvalue weighted by Crippen LogP contribution is 2.21. The molecule has 0 radical (unpaired) electrons. The van der Waals surface area contributed by atoms with E-state index in [1.54, 1.807) is 4.90 Å². The van der Waals surface area contributed by atoms with Gasteiger partial charge >= 0.3 is 0 Å². The SMILES string of the molecule is CC1CC2NCCOC2C(=O)N1C. The Hall–Kier alpha value is -0.610. The second-order valence-electron chi connectivity index (χ2n) is 3.89. The fourth-order valence-corrected chi connectivity index (χ4v) is 2.05. The first kappa shape index (κ1) is 8.97. The minimum Gasteiger partial charge on any atom is -0.365 e. The molecule has 0 aromatic heterocycles. The summed E-state index contributed by atoms with van der Waals surface area (Å²) < 4.78 is 5.46. The topological polar surface area (TPSA) is 41.6 Å². The van der Waals surface area contributed by atoms with E-state index < -0.39 is 0 Å². The maximum Gasteiger partial charge on any atom is 0.253 e. The van der Waals surface area contributed by atoms with Crippen LogP contribution >= 0.6 is 0 Å². The summed E-state index contributed by atoms with van der Waals surface area (Å²) in [6.07, 6.45) is 0.752. The number of likely N-dealkylation sites (tertiary alicyclic amines) is 1. The van der Waals surface area contributed by atoms with E-state index in [0.717, 1.165) is 13.0 Å². The first-order valence-electron chi connectivity index (χ1n) is 4.82. The fraction of sp³-hybridized carbons (Fsp3) is 0.889. The summed E-state index contributed by atoms with van der Waals surface area (Å²) in [4.78, 5) is 13.5. The number of fused-ring (bicyclic) bond motifs is 1. The second kappa shape index (κ2) is 3.27. The van der Waals surface area contributed by atoms with Gasteiger partial charge in [0.25, 0.3) is 5.91 Å². The van der Waals surface area contributed by atoms with Crippen molar-refractivity contribution in [3.63, 3.8) is 0 Å². The van der Waals surface area contributed by atoms with Crippen LogP contribution in [0.2, 0.25) is 0 Å². The van der Waals surface area contributed by atoms with Crippen molar-refractivity contribution in [1.82, 2.24) is 10.2 Å². The van der Waals surface area contributed by atoms with E-state index in [0.29, 0.717) is 12.6 Å². The second-order valence-corrected chi connectivity index (χ2v) is 3.89. The number of rotatable bonds is 0. The molecule has 13 heavy (non-hydrogen) atoms. The molecule has 2 heterocycles. The number of hydrogen-bond donors (Lipinski definition) is 1. The van der Waals surface area contributed by atoms with Crippen LogP contribution in [-0.4, -0.2) is 49.2 Å². The van der Waals surface area contributed by atoms with Crippen molar-refractivity contribution < 1.29 is 9.53 Å². The van der Waals surface area contributed by atoms with Crippen LogP contribution in [0, 0.1) is 0 Å². The first-order valence-corrected chi connectivity index (χ1v) is 4.82. The number of piperidine rings is 1. The highest BCUT2D eigenvalue weighted by Gasteiger charge is 2.40. The number of likely N-dealkylation sites (N-methyl/N-ethyl adjacent to an activating group) is 1. The van der Waals surface area contributed by atoms with E-state index in [2.05, 4.69) is 12.2 Å². The molecule has 2 rings (SSSR count). The number of carbonyl (C=O) groups is 1. The smallest absolute Gasteiger partial charge is 0.253 e. The third-order valence-electron chi connectivity index (χ3n) is 3.02. The summed E-state index contributed by atoms with van der Waals surface area (Å²) in [5.41, 5.74) is 0. The molecule has 0 aliphatic carbocycles. The maximum absolute atomic E-state index is 11.7. The van der Waals surface area contributed by atoms with Gasteiger partial charge in [0, 0.05) is 25.7 Å². The molecule has 1 N–H and O–H groups in total. The lowest BCUT2D eigenvalue weighted by molar-refractivity contribution is -0.155. The molecule has 74 valence electrons. The molecule has 2 aliphatic rings. The Morgan fingerprint density at radius 2 is 2.38 bits per heavy atom. The minimum atomic E-state index is -0.241. The lowest BCUT2D eigenvalue weighted by atomic mass is 9.94. The standard InChI is InChI=1S/C9H16N2O2/c1-6-5-7-8(9(12)11(6)2)13-4-3-10-7/h6-8,10H,3-5H2,1-2H3. The van der Waals surface area contributed by atoms with Gasteiger partial charge in [0.15, 0.2) is 6.10 Å². The van der Waals surface area contributed by atoms with Gasteiger partial charge in [-0.25, -0.2) is 0 Å². The Morgan fingerprint density at radius 1 is 1.62 bits per heavy atom. The quantitative estimate of drug-likeness (QED) is 0.556. The summed E-state index contributed by atoms with van der Waals surface area (Å²) >= 11 is 0. The Kier molecular flexibility index (Phi) is 2.26. The van der Waals surface area contributed by atoms with Crippen LogP contribution in [-0.2, 0) is 9.53 Å². The van der Waals surface area contributed by atoms with Crippen molar-refractivity contribution in [1.29, 1.82) is 0 Å². The third-order valence-corrected chi connectivity index (χ3v) is 3.02. The van der Waals surface area contributed by atoms with E-state index in [4.69, 9.17) is 4.74 Å². The summed E-state index contributed by atoms with van der Waals surface area (Å²) in [6.45, 7) is 3.59. The fourth-order valence-electron chi connectivity index (χ4n) is 2.05. The average molecular weight is 184 g/mol. The van der Waals surface area contributed by atoms with Crippen LogP contribution in [0.4, 0.5) is 0 Å². The number of amides is 1. The van der Waals surface area contributed by atoms with Crippen LogP contribution in [0.1, 0.15) is 13.3 Å². The van der Waals surface area contributed by atoms with Gasteiger partial charge in [-0.2, -0.15) is 0 Å². The van der Waals surface area contributed by atoms with E-state index >= 15 is 0 Å². The van der Waals surface area contributed by atoms with E-state index in [1.807, 2.05) is 7.05 Å². The van der Waals surface area contributed by atoms with Gasteiger partial charge in [0.1, 0.15) is 0 Å². The van der Waals surface area contributed by atoms with Gasteiger partial charge in [-0.1, -0.05) is 0 Å². The van der Waals surface area contributed by atoms with Gasteiger partial charge in [0.05, 0.1) is 6.61 Å². The van der Waals surface area contributed by atoms with E-state index in [1.165, 1.54) is 0 Å². The predicted molar refractivity (Wildman–Crippen MR) is 48.4 cm³/mol. The van der Waals surface area contributed by atoms with Crippen molar-refractivity contribution in [3.05, 3.63) is 0 Å². The molecule has 1 amide bonds. The molecule has 0 saturated carbocycles. The van der Waals surface area contributed by atoms with Crippen LogP contribution in [0.3, 0.4) is 0 Å². The number of nitrogens with zero attached hydrogens (tertiary/aromatic N) is 1. The summed E-state index contributed by atoms with van der Waals surface area (Å²) in [5.74, 6) is 0.121. The van der Waals surface area contributed by atoms with Gasteiger partial charge in [-0.15, -0.1) is 0 Å². The van der Waals surface area contributed by atoms with Crippen molar-refractivity contribution in [2.45, 2.75) is 31.5 Å². The molecule has 3 unspecified atom stereocenters. The number of morpholine rings is 1. The normalized spacial score (nSPS) is 40.3. The predicted octanol–water partition coefficient (Wildman–Crippen LogP) is -0.406. The zero-order chi connectivity index (χ0) is 9.42. The molecule has 0 bridgehead atoms. The lowest BCUT2D eigenvalue weighted by Gasteiger charge is -2.42. The average Bonchev–Trinajstić information content (AvgIpc) is 2.15. The molecule has 3 atom stereocenters. The first-order chi connectivity index (χ1) is 6.20. The molecule has 2 aliphatic heterocycles. The van der Waals surface area contributed by atoms with E-state index in [-0.39, 0.29) is 18.1 Å². The van der Waals surface area contributed by atoms with Gasteiger partial charge in [-0.3, -0.25) is 4.79 Å². The molecule has 0 aromatic carbocycles. The summed E-state index contributed by atoms with van der Waals surface area (Å²) in [5, 5.41) is 3.33. The van der Waals surface area contributed by atoms with Crippen molar-refractivity contribution in [2.24, 2.45) is 0 Å². The number of nitrogens with one attached hydrogen (secondary N) is 1. The molecular formula is C9H16N2O2. The van der Waals surface area contributed by atoms with Gasteiger partial charge in [0.2, 0.25) is 0 Å². The largest absolute Gasteiger partial charge is 0.365 e. The third kappa shape index (κ3) is 1.44. The molecule has 4 heteroatoms. The molecule has 2 fully saturated rings. The Balaban J connectivity index is 2.12. The van der Waals surface area contributed by atoms with Gasteiger partial charge < -0.3 is 15.0 Å². The van der Waals surface area contributed by atoms with Gasteiger partial charge in [-0.05, 0) is 13.3 Å². The lowest BCUT2D eigenvalue weighted by Crippen LogP contribution is -2.62. The highest BCUT2D eigenvalue weighted by atomic mass is 16.5. The zero-order valence-electron chi connectivity index (χ0n) is 8.12. The van der Waals surface area contributed by atoms with Crippen LogP contribution < -0.4 is 5.32 Å². The highest BCUT2D eigenvalue weighted by molar-refractivity contribution is 5.82. The summed E-state index contributed by atoms with van der Waals surface area (Å²) in [7, 11) is 1.85. The number of ether oxygens (including phenoxy) is 1. The van der Waals surface area contributed by atoms with Crippen LogP contribution in [0.15, 0.2) is 0 Å². The molecule has 0 aromatic rings. The van der Waals surface area contributed by atoms with Crippen molar-refractivity contribution >= 4 is 5.91 Å². The number of hydrogen-bond acceptors (Lipinski definition) is 3. The maximum atomic E-state index is 11.7. The molecular weight excluding hydrogens is 168 g/mol. The Bertz CT molecular complexity index is 220. The van der Waals surface area contributed by atoms with Crippen LogP contribution in [0.5, 0.6) is 0 Å². The Labute approximate surface area is 78.2 Å². The molecule has 2 saturated heterocycles. The van der Waals surface area contributed by atoms with Crippen LogP contribution in [0.25, 0.3) is 0 Å². The minimum absolute atomic E-state index is 0.121. The molecule has 0 spiro atoms. The van der Waals surface area contributed by atoms with Crippen molar-refractivity contribution in [2.75, 3.05) is 20.2 Å². The molecule has 4 nitrogen and oxygen atoms in total. The monoisotopic (exact) mass is 184 g/mol. The van der Waals surface area contributed by atoms with Crippen molar-refractivity contribution in [3.8, 4) is 0 Å². The Morgan fingerprint density at radius 3 is 3.15 bits per heavy atom. The number of carbonyl (C=O) groups excluding carboxylic acids is 1. The van der Waals surface area contributed by atoms with E-state index in [9.17, 15) is 4.79 Å².